The van der Waals surface area contributed by atoms with Gasteiger partial charge in [-0.3, -0.25) is 4.90 Å². The lowest BCUT2D eigenvalue weighted by atomic mass is 10.1. The van der Waals surface area contributed by atoms with Gasteiger partial charge in [0.05, 0.1) is 30.8 Å². The highest BCUT2D eigenvalue weighted by atomic mass is 32.2. The zero-order valence-electron chi connectivity index (χ0n) is 9.50. The predicted molar refractivity (Wildman–Crippen MR) is 60.1 cm³/mol. The van der Waals surface area contributed by atoms with Crippen molar-refractivity contribution >= 4 is 9.84 Å². The summed E-state index contributed by atoms with van der Waals surface area (Å²) < 4.78 is 28.3. The van der Waals surface area contributed by atoms with Crippen LogP contribution in [0.1, 0.15) is 13.3 Å². The predicted octanol–water partition coefficient (Wildman–Crippen LogP) is -0.745. The van der Waals surface area contributed by atoms with E-state index < -0.39 is 9.84 Å². The lowest BCUT2D eigenvalue weighted by Crippen LogP contribution is -2.54. The molecular formula is C10H19NO4S. The maximum Gasteiger partial charge on any atom is 0.151 e. The Morgan fingerprint density at radius 2 is 2.25 bits per heavy atom. The first-order valence-electron chi connectivity index (χ1n) is 5.70. The van der Waals surface area contributed by atoms with E-state index in [1.54, 1.807) is 0 Å². The molecule has 5 nitrogen and oxygen atoms in total. The van der Waals surface area contributed by atoms with Gasteiger partial charge >= 0.3 is 0 Å². The van der Waals surface area contributed by atoms with Gasteiger partial charge in [0.1, 0.15) is 0 Å². The van der Waals surface area contributed by atoms with E-state index in [1.807, 2.05) is 6.92 Å². The van der Waals surface area contributed by atoms with Crippen LogP contribution in [0.4, 0.5) is 0 Å². The van der Waals surface area contributed by atoms with Crippen LogP contribution in [-0.2, 0) is 14.6 Å². The lowest BCUT2D eigenvalue weighted by Gasteiger charge is -2.40. The fraction of sp³-hybridized carbons (Fsp3) is 1.00. The molecule has 2 heterocycles. The van der Waals surface area contributed by atoms with E-state index in [2.05, 4.69) is 4.90 Å². The molecule has 0 saturated carbocycles. The third kappa shape index (κ3) is 2.56. The van der Waals surface area contributed by atoms with Crippen molar-refractivity contribution in [2.24, 2.45) is 0 Å². The second kappa shape index (κ2) is 4.60. The maximum atomic E-state index is 11.4. The molecular weight excluding hydrogens is 230 g/mol. The largest absolute Gasteiger partial charge is 0.394 e. The minimum Gasteiger partial charge on any atom is -0.394 e. The van der Waals surface area contributed by atoms with E-state index in [4.69, 9.17) is 9.84 Å². The van der Waals surface area contributed by atoms with E-state index in [0.717, 1.165) is 0 Å². The minimum absolute atomic E-state index is 0.00267. The number of hydrogen-bond donors (Lipinski definition) is 1. The molecule has 16 heavy (non-hydrogen) atoms. The number of nitrogens with zero attached hydrogens (tertiary/aromatic N) is 1. The first-order valence-corrected chi connectivity index (χ1v) is 7.52. The summed E-state index contributed by atoms with van der Waals surface area (Å²) in [6, 6.07) is 0.346. The van der Waals surface area contributed by atoms with Crippen LogP contribution in [0.5, 0.6) is 0 Å². The summed E-state index contributed by atoms with van der Waals surface area (Å²) in [6.45, 7) is 3.25. The van der Waals surface area contributed by atoms with Gasteiger partial charge in [-0.1, -0.05) is 0 Å². The highest BCUT2D eigenvalue weighted by Crippen LogP contribution is 2.23. The van der Waals surface area contributed by atoms with Crippen molar-refractivity contribution in [1.29, 1.82) is 0 Å². The third-order valence-electron chi connectivity index (χ3n) is 3.43. The van der Waals surface area contributed by atoms with E-state index >= 15 is 0 Å². The molecule has 0 spiro atoms. The van der Waals surface area contributed by atoms with Gasteiger partial charge in [0, 0.05) is 18.6 Å². The SMILES string of the molecule is CC1COC(CO)CN1C1CCS(=O)(=O)C1. The van der Waals surface area contributed by atoms with Gasteiger partial charge < -0.3 is 9.84 Å². The summed E-state index contributed by atoms with van der Waals surface area (Å²) >= 11 is 0. The average Bonchev–Trinajstić information content (AvgIpc) is 2.59. The molecule has 0 aromatic rings. The Labute approximate surface area is 96.3 Å². The number of aliphatic hydroxyl groups excluding tert-OH is 1. The third-order valence-corrected chi connectivity index (χ3v) is 5.19. The van der Waals surface area contributed by atoms with Crippen LogP contribution in [0.15, 0.2) is 0 Å². The van der Waals surface area contributed by atoms with E-state index in [9.17, 15) is 8.42 Å². The molecule has 0 radical (unpaired) electrons. The Morgan fingerprint density at radius 3 is 2.81 bits per heavy atom. The Morgan fingerprint density at radius 1 is 1.50 bits per heavy atom. The lowest BCUT2D eigenvalue weighted by molar-refractivity contribution is -0.0880. The molecule has 0 bridgehead atoms. The smallest absolute Gasteiger partial charge is 0.151 e. The Balaban J connectivity index is 2.02. The quantitative estimate of drug-likeness (QED) is 0.698. The molecule has 2 aliphatic rings. The Kier molecular flexibility index (Phi) is 3.53. The number of rotatable bonds is 2. The molecule has 2 saturated heterocycles. The van der Waals surface area contributed by atoms with Crippen LogP contribution in [0.3, 0.4) is 0 Å². The van der Waals surface area contributed by atoms with Gasteiger partial charge in [0.2, 0.25) is 0 Å². The van der Waals surface area contributed by atoms with E-state index in [0.29, 0.717) is 25.3 Å². The van der Waals surface area contributed by atoms with Crippen LogP contribution >= 0.6 is 0 Å². The minimum atomic E-state index is -2.84. The van der Waals surface area contributed by atoms with Crippen molar-refractivity contribution in [3.8, 4) is 0 Å². The number of aliphatic hydroxyl groups is 1. The van der Waals surface area contributed by atoms with Crippen LogP contribution in [0, 0.1) is 0 Å². The molecule has 2 aliphatic heterocycles. The van der Waals surface area contributed by atoms with Gasteiger partial charge in [-0.05, 0) is 13.3 Å². The van der Waals surface area contributed by atoms with Crippen LogP contribution in [0.25, 0.3) is 0 Å². The first-order chi connectivity index (χ1) is 7.52. The van der Waals surface area contributed by atoms with Crippen LogP contribution in [0.2, 0.25) is 0 Å². The zero-order chi connectivity index (χ0) is 11.8. The summed E-state index contributed by atoms with van der Waals surface area (Å²) in [7, 11) is -2.84. The van der Waals surface area contributed by atoms with Crippen LogP contribution < -0.4 is 0 Å². The van der Waals surface area contributed by atoms with Crippen molar-refractivity contribution in [2.75, 3.05) is 31.3 Å². The summed E-state index contributed by atoms with van der Waals surface area (Å²) in [5, 5.41) is 9.07. The van der Waals surface area contributed by atoms with Crippen molar-refractivity contribution in [3.63, 3.8) is 0 Å². The Bertz CT molecular complexity index is 343. The molecule has 2 rings (SSSR count). The van der Waals surface area contributed by atoms with E-state index in [1.165, 1.54) is 0 Å². The maximum absolute atomic E-state index is 11.4. The normalized spacial score (nSPS) is 40.0. The molecule has 0 aliphatic carbocycles. The first kappa shape index (κ1) is 12.3. The molecule has 0 amide bonds. The molecule has 3 unspecified atom stereocenters. The van der Waals surface area contributed by atoms with Gasteiger partial charge in [0.15, 0.2) is 9.84 Å². The van der Waals surface area contributed by atoms with Gasteiger partial charge in [0.25, 0.3) is 0 Å². The van der Waals surface area contributed by atoms with Crippen molar-refractivity contribution in [2.45, 2.75) is 31.5 Å². The van der Waals surface area contributed by atoms with Crippen LogP contribution in [-0.4, -0.2) is 67.9 Å². The molecule has 94 valence electrons. The summed E-state index contributed by atoms with van der Waals surface area (Å²) in [5.74, 6) is 0.557. The molecule has 1 N–H and O–H groups in total. The van der Waals surface area contributed by atoms with Crippen molar-refractivity contribution < 1.29 is 18.3 Å². The number of morpholine rings is 1. The van der Waals surface area contributed by atoms with Gasteiger partial charge in [-0.15, -0.1) is 0 Å². The monoisotopic (exact) mass is 249 g/mol. The van der Waals surface area contributed by atoms with Crippen molar-refractivity contribution in [1.82, 2.24) is 4.90 Å². The Hall–Kier alpha value is -0.170. The highest BCUT2D eigenvalue weighted by Gasteiger charge is 2.37. The fourth-order valence-electron chi connectivity index (χ4n) is 2.50. The number of hydrogen-bond acceptors (Lipinski definition) is 5. The number of ether oxygens (including phenoxy) is 1. The molecule has 6 heteroatoms. The van der Waals surface area contributed by atoms with E-state index in [-0.39, 0.29) is 30.5 Å². The molecule has 0 aromatic carbocycles. The van der Waals surface area contributed by atoms with Gasteiger partial charge in [-0.25, -0.2) is 8.42 Å². The van der Waals surface area contributed by atoms with Gasteiger partial charge in [-0.2, -0.15) is 0 Å². The topological polar surface area (TPSA) is 66.8 Å². The number of sulfone groups is 1. The second-order valence-electron chi connectivity index (χ2n) is 4.74. The zero-order valence-corrected chi connectivity index (χ0v) is 10.3. The standard InChI is InChI=1S/C10H19NO4S/c1-8-6-15-10(5-12)4-11(8)9-2-3-16(13,14)7-9/h8-10,12H,2-7H2,1H3. The summed E-state index contributed by atoms with van der Waals surface area (Å²) in [6.07, 6.45) is 0.546. The molecule has 3 atom stereocenters. The van der Waals surface area contributed by atoms with Crippen molar-refractivity contribution in [3.05, 3.63) is 0 Å². The molecule has 0 aromatic heterocycles. The average molecular weight is 249 g/mol. The molecule has 2 fully saturated rings. The highest BCUT2D eigenvalue weighted by molar-refractivity contribution is 7.91. The fourth-order valence-corrected chi connectivity index (χ4v) is 4.24. The summed E-state index contributed by atoms with van der Waals surface area (Å²) in [4.78, 5) is 2.18. The second-order valence-corrected chi connectivity index (χ2v) is 6.97. The summed E-state index contributed by atoms with van der Waals surface area (Å²) in [5.41, 5.74) is 0.